The average Bonchev–Trinajstić information content (AvgIpc) is 2.31. The van der Waals surface area contributed by atoms with Gasteiger partial charge in [0, 0.05) is 7.05 Å². The Morgan fingerprint density at radius 1 is 1.50 bits per heavy atom. The number of carbonyl (C=O) groups is 2. The Balaban J connectivity index is 3.01. The minimum Gasteiger partial charge on any atom is -0.478 e. The molecule has 0 aliphatic rings. The molecule has 0 saturated heterocycles. The molecule has 94 valence electrons. The van der Waals surface area contributed by atoms with E-state index < -0.39 is 12.0 Å². The van der Waals surface area contributed by atoms with Gasteiger partial charge in [0.15, 0.2) is 0 Å². The van der Waals surface area contributed by atoms with E-state index in [-0.39, 0.29) is 12.1 Å². The summed E-state index contributed by atoms with van der Waals surface area (Å²) in [6, 6.07) is 4.35. The van der Waals surface area contributed by atoms with Gasteiger partial charge in [-0.05, 0) is 18.6 Å². The van der Waals surface area contributed by atoms with Gasteiger partial charge in [-0.15, -0.1) is 6.42 Å². The van der Waals surface area contributed by atoms with Crippen LogP contribution in [0.5, 0.6) is 0 Å². The van der Waals surface area contributed by atoms with Crippen molar-refractivity contribution < 1.29 is 14.7 Å². The first-order chi connectivity index (χ1) is 8.47. The minimum absolute atomic E-state index is 0.0532. The molecule has 0 saturated carbocycles. The molecule has 0 aliphatic carbocycles. The Hall–Kier alpha value is -2.48. The molecule has 1 rings (SSSR count). The average molecular weight is 246 g/mol. The standard InChI is InChI=1S/C13H14N2O3/c1-4-8-15(3)13(18)14-11-9(2)6-5-7-10(11)12(16)17/h1,5-7H,8H2,2-3H3,(H,14,18)(H,16,17). The van der Waals surface area contributed by atoms with E-state index in [0.717, 1.165) is 0 Å². The van der Waals surface area contributed by atoms with Crippen LogP contribution in [0.1, 0.15) is 15.9 Å². The summed E-state index contributed by atoms with van der Waals surface area (Å²) in [4.78, 5) is 24.1. The second-order valence-corrected chi connectivity index (χ2v) is 3.79. The molecule has 5 heteroatoms. The fourth-order valence-electron chi connectivity index (χ4n) is 1.42. The van der Waals surface area contributed by atoms with Crippen LogP contribution >= 0.6 is 0 Å². The number of terminal acetylenes is 1. The molecule has 0 radical (unpaired) electrons. The van der Waals surface area contributed by atoms with Crippen molar-refractivity contribution in [1.29, 1.82) is 0 Å². The van der Waals surface area contributed by atoms with Crippen molar-refractivity contribution in [3.05, 3.63) is 29.3 Å². The number of nitrogens with zero attached hydrogens (tertiary/aromatic N) is 1. The molecule has 0 unspecified atom stereocenters. The van der Waals surface area contributed by atoms with Gasteiger partial charge in [0.25, 0.3) is 0 Å². The monoisotopic (exact) mass is 246 g/mol. The Labute approximate surface area is 105 Å². The second kappa shape index (κ2) is 5.73. The molecule has 0 atom stereocenters. The van der Waals surface area contributed by atoms with Crippen LogP contribution < -0.4 is 5.32 Å². The fourth-order valence-corrected chi connectivity index (χ4v) is 1.42. The highest BCUT2D eigenvalue weighted by Crippen LogP contribution is 2.20. The summed E-state index contributed by atoms with van der Waals surface area (Å²) in [5, 5.41) is 11.6. The van der Waals surface area contributed by atoms with Crippen molar-refractivity contribution in [2.45, 2.75) is 6.92 Å². The van der Waals surface area contributed by atoms with Crippen LogP contribution in [0.15, 0.2) is 18.2 Å². The normalized spacial score (nSPS) is 9.39. The molecule has 2 amide bonds. The summed E-state index contributed by atoms with van der Waals surface area (Å²) >= 11 is 0. The number of benzene rings is 1. The SMILES string of the molecule is C#CCN(C)C(=O)Nc1c(C)cccc1C(=O)O. The number of hydrogen-bond acceptors (Lipinski definition) is 2. The van der Waals surface area contributed by atoms with Crippen molar-refractivity contribution in [2.75, 3.05) is 18.9 Å². The first-order valence-electron chi connectivity index (χ1n) is 5.26. The lowest BCUT2D eigenvalue weighted by atomic mass is 10.1. The highest BCUT2D eigenvalue weighted by molar-refractivity contribution is 6.00. The Morgan fingerprint density at radius 3 is 2.72 bits per heavy atom. The first kappa shape index (κ1) is 13.6. The zero-order valence-electron chi connectivity index (χ0n) is 10.2. The van der Waals surface area contributed by atoms with E-state index in [4.69, 9.17) is 11.5 Å². The number of anilines is 1. The molecular weight excluding hydrogens is 232 g/mol. The maximum atomic E-state index is 11.8. The van der Waals surface area contributed by atoms with Crippen LogP contribution in [0, 0.1) is 19.3 Å². The molecule has 5 nitrogen and oxygen atoms in total. The van der Waals surface area contributed by atoms with Gasteiger partial charge in [0.05, 0.1) is 17.8 Å². The highest BCUT2D eigenvalue weighted by Gasteiger charge is 2.15. The summed E-state index contributed by atoms with van der Waals surface area (Å²) < 4.78 is 0. The lowest BCUT2D eigenvalue weighted by Gasteiger charge is -2.17. The Bertz CT molecular complexity index is 517. The lowest BCUT2D eigenvalue weighted by Crippen LogP contribution is -2.32. The van der Waals surface area contributed by atoms with Gasteiger partial charge in [-0.3, -0.25) is 0 Å². The van der Waals surface area contributed by atoms with E-state index in [1.807, 2.05) is 0 Å². The van der Waals surface area contributed by atoms with E-state index in [9.17, 15) is 9.59 Å². The predicted molar refractivity (Wildman–Crippen MR) is 68.6 cm³/mol. The van der Waals surface area contributed by atoms with Crippen LogP contribution in [0.3, 0.4) is 0 Å². The summed E-state index contributed by atoms with van der Waals surface area (Å²) in [7, 11) is 1.54. The number of urea groups is 1. The molecule has 2 N–H and O–H groups in total. The van der Waals surface area contributed by atoms with Gasteiger partial charge < -0.3 is 15.3 Å². The van der Waals surface area contributed by atoms with E-state index >= 15 is 0 Å². The van der Waals surface area contributed by atoms with Crippen molar-refractivity contribution in [3.63, 3.8) is 0 Å². The summed E-state index contributed by atoms with van der Waals surface area (Å²) in [6.45, 7) is 1.88. The number of aryl methyl sites for hydroxylation is 1. The molecule has 0 aromatic heterocycles. The third-order valence-electron chi connectivity index (χ3n) is 2.41. The van der Waals surface area contributed by atoms with Crippen molar-refractivity contribution in [3.8, 4) is 12.3 Å². The number of carbonyl (C=O) groups excluding carboxylic acids is 1. The topological polar surface area (TPSA) is 69.6 Å². The first-order valence-corrected chi connectivity index (χ1v) is 5.26. The molecule has 0 bridgehead atoms. The number of aromatic carboxylic acids is 1. The fraction of sp³-hybridized carbons (Fsp3) is 0.231. The van der Waals surface area contributed by atoms with Crippen molar-refractivity contribution in [2.24, 2.45) is 0 Å². The zero-order chi connectivity index (χ0) is 13.7. The summed E-state index contributed by atoms with van der Waals surface area (Å²) in [5.41, 5.74) is 1.02. The predicted octanol–water partition coefficient (Wildman–Crippen LogP) is 1.79. The van der Waals surface area contributed by atoms with Gasteiger partial charge in [-0.1, -0.05) is 18.1 Å². The third-order valence-corrected chi connectivity index (χ3v) is 2.41. The van der Waals surface area contributed by atoms with Gasteiger partial charge in [0.2, 0.25) is 0 Å². The van der Waals surface area contributed by atoms with Crippen molar-refractivity contribution >= 4 is 17.7 Å². The van der Waals surface area contributed by atoms with Crippen LogP contribution in [-0.4, -0.2) is 35.6 Å². The maximum absolute atomic E-state index is 11.8. The van der Waals surface area contributed by atoms with E-state index in [0.29, 0.717) is 11.3 Å². The molecule has 0 aliphatic heterocycles. The molecule has 0 fully saturated rings. The number of carboxylic acids is 1. The van der Waals surface area contributed by atoms with E-state index in [1.165, 1.54) is 18.0 Å². The summed E-state index contributed by atoms with van der Waals surface area (Å²) in [5.74, 6) is 1.25. The van der Waals surface area contributed by atoms with Gasteiger partial charge in [0.1, 0.15) is 0 Å². The Kier molecular flexibility index (Phi) is 4.33. The third kappa shape index (κ3) is 3.01. The molecule has 0 heterocycles. The zero-order valence-corrected chi connectivity index (χ0v) is 10.2. The van der Waals surface area contributed by atoms with Gasteiger partial charge >= 0.3 is 12.0 Å². The van der Waals surface area contributed by atoms with Crippen LogP contribution in [-0.2, 0) is 0 Å². The van der Waals surface area contributed by atoms with E-state index in [1.54, 1.807) is 19.1 Å². The van der Waals surface area contributed by atoms with E-state index in [2.05, 4.69) is 11.2 Å². The number of hydrogen-bond donors (Lipinski definition) is 2. The number of amides is 2. The smallest absolute Gasteiger partial charge is 0.337 e. The Morgan fingerprint density at radius 2 is 2.17 bits per heavy atom. The van der Waals surface area contributed by atoms with Crippen LogP contribution in [0.25, 0.3) is 0 Å². The molecular formula is C13H14N2O3. The van der Waals surface area contributed by atoms with Gasteiger partial charge in [-0.25, -0.2) is 9.59 Å². The number of carboxylic acid groups (broad SMARTS) is 1. The molecule has 18 heavy (non-hydrogen) atoms. The van der Waals surface area contributed by atoms with Crippen molar-refractivity contribution in [1.82, 2.24) is 4.90 Å². The van der Waals surface area contributed by atoms with Crippen LogP contribution in [0.4, 0.5) is 10.5 Å². The maximum Gasteiger partial charge on any atom is 0.337 e. The molecule has 1 aromatic carbocycles. The number of nitrogens with one attached hydrogen (secondary N) is 1. The van der Waals surface area contributed by atoms with Crippen LogP contribution in [0.2, 0.25) is 0 Å². The lowest BCUT2D eigenvalue weighted by molar-refractivity contribution is 0.0698. The minimum atomic E-state index is -1.09. The summed E-state index contributed by atoms with van der Waals surface area (Å²) in [6.07, 6.45) is 5.10. The largest absolute Gasteiger partial charge is 0.478 e. The highest BCUT2D eigenvalue weighted by atomic mass is 16.4. The number of rotatable bonds is 3. The number of para-hydroxylation sites is 1. The molecule has 1 aromatic rings. The second-order valence-electron chi connectivity index (χ2n) is 3.79. The van der Waals surface area contributed by atoms with Gasteiger partial charge in [-0.2, -0.15) is 0 Å². The quantitative estimate of drug-likeness (QED) is 0.799. The molecule has 0 spiro atoms.